The van der Waals surface area contributed by atoms with Crippen LogP contribution in [-0.4, -0.2) is 64.3 Å². The first kappa shape index (κ1) is 17.2. The van der Waals surface area contributed by atoms with Crippen LogP contribution in [0.15, 0.2) is 0 Å². The van der Waals surface area contributed by atoms with Gasteiger partial charge in [-0.1, -0.05) is 0 Å². The summed E-state index contributed by atoms with van der Waals surface area (Å²) in [6, 6.07) is 0. The number of nitrogens with one attached hydrogen (secondary N) is 1. The van der Waals surface area contributed by atoms with Crippen LogP contribution < -0.4 is 5.32 Å². The average molecular weight is 312 g/mol. The third-order valence-electron chi connectivity index (χ3n) is 3.32. The molecule has 2 heterocycles. The van der Waals surface area contributed by atoms with Crippen molar-refractivity contribution in [3.05, 3.63) is 0 Å². The molecule has 0 aliphatic carbocycles. The molecular formula is C11H15F3N2O5. The molecule has 0 bridgehead atoms. The van der Waals surface area contributed by atoms with Crippen LogP contribution >= 0.6 is 0 Å². The van der Waals surface area contributed by atoms with Gasteiger partial charge in [-0.05, 0) is 25.8 Å². The van der Waals surface area contributed by atoms with Gasteiger partial charge in [0.05, 0.1) is 5.54 Å². The number of rotatable bonds is 2. The maximum absolute atomic E-state index is 11.9. The normalized spacial score (nSPS) is 24.9. The summed E-state index contributed by atoms with van der Waals surface area (Å²) in [7, 11) is 0. The van der Waals surface area contributed by atoms with Crippen LogP contribution in [0.2, 0.25) is 0 Å². The first-order valence-corrected chi connectivity index (χ1v) is 6.15. The number of likely N-dealkylation sites (tertiary alicyclic amines) is 1. The van der Waals surface area contributed by atoms with Crippen molar-refractivity contribution in [3.63, 3.8) is 0 Å². The molecule has 1 atom stereocenters. The largest absolute Gasteiger partial charge is 0.490 e. The molecule has 0 radical (unpaired) electrons. The van der Waals surface area contributed by atoms with Crippen LogP contribution in [0, 0.1) is 0 Å². The van der Waals surface area contributed by atoms with Gasteiger partial charge in [0.2, 0.25) is 5.91 Å². The Kier molecular flexibility index (Phi) is 5.15. The number of carboxylic acids is 2. The summed E-state index contributed by atoms with van der Waals surface area (Å²) in [5.41, 5.74) is -0.421. The summed E-state index contributed by atoms with van der Waals surface area (Å²) in [5, 5.41) is 18.9. The Labute approximate surface area is 117 Å². The van der Waals surface area contributed by atoms with Gasteiger partial charge in [0.15, 0.2) is 0 Å². The van der Waals surface area contributed by atoms with Crippen molar-refractivity contribution in [2.75, 3.05) is 19.6 Å². The van der Waals surface area contributed by atoms with E-state index in [1.165, 1.54) is 4.90 Å². The minimum atomic E-state index is -5.08. The van der Waals surface area contributed by atoms with Gasteiger partial charge in [-0.3, -0.25) is 9.59 Å². The van der Waals surface area contributed by atoms with Gasteiger partial charge in [0.25, 0.3) is 0 Å². The van der Waals surface area contributed by atoms with E-state index >= 15 is 0 Å². The monoisotopic (exact) mass is 312 g/mol. The number of carboxylic acid groups (broad SMARTS) is 2. The minimum absolute atomic E-state index is 0.0302. The average Bonchev–Trinajstić information content (AvgIpc) is 2.92. The molecule has 0 aromatic rings. The van der Waals surface area contributed by atoms with E-state index < -0.39 is 23.7 Å². The molecule has 10 heteroatoms. The molecule has 21 heavy (non-hydrogen) atoms. The fourth-order valence-corrected chi connectivity index (χ4v) is 2.35. The van der Waals surface area contributed by atoms with Gasteiger partial charge >= 0.3 is 18.1 Å². The smallest absolute Gasteiger partial charge is 0.480 e. The molecule has 7 nitrogen and oxygen atoms in total. The highest BCUT2D eigenvalue weighted by Crippen LogP contribution is 2.30. The van der Waals surface area contributed by atoms with E-state index in [4.69, 9.17) is 15.0 Å². The lowest BCUT2D eigenvalue weighted by Crippen LogP contribution is -2.48. The van der Waals surface area contributed by atoms with Crippen molar-refractivity contribution in [1.29, 1.82) is 0 Å². The highest BCUT2D eigenvalue weighted by molar-refractivity contribution is 5.91. The van der Waals surface area contributed by atoms with Gasteiger partial charge in [-0.25, -0.2) is 4.79 Å². The Bertz CT molecular complexity index is 432. The number of hydrogen-bond acceptors (Lipinski definition) is 4. The molecule has 0 aromatic carbocycles. The molecule has 0 aromatic heterocycles. The first-order chi connectivity index (χ1) is 9.58. The second kappa shape index (κ2) is 6.29. The number of hydrogen-bond donors (Lipinski definition) is 3. The molecule has 0 unspecified atom stereocenters. The van der Waals surface area contributed by atoms with E-state index in [0.29, 0.717) is 6.54 Å². The van der Waals surface area contributed by atoms with Crippen molar-refractivity contribution in [2.24, 2.45) is 0 Å². The molecule has 2 aliphatic heterocycles. The number of nitrogens with zero attached hydrogens (tertiary/aromatic N) is 1. The Morgan fingerprint density at radius 3 is 2.24 bits per heavy atom. The summed E-state index contributed by atoms with van der Waals surface area (Å²) in [4.78, 5) is 32.7. The molecular weight excluding hydrogens is 297 g/mol. The number of aliphatic carboxylic acids is 2. The molecule has 3 N–H and O–H groups in total. The van der Waals surface area contributed by atoms with Gasteiger partial charge in [-0.2, -0.15) is 13.2 Å². The maximum atomic E-state index is 11.9. The van der Waals surface area contributed by atoms with Gasteiger partial charge in [-0.15, -0.1) is 0 Å². The van der Waals surface area contributed by atoms with Crippen molar-refractivity contribution in [3.8, 4) is 0 Å². The molecule has 0 saturated carbocycles. The lowest BCUT2D eigenvalue weighted by molar-refractivity contribution is -0.192. The zero-order valence-corrected chi connectivity index (χ0v) is 10.9. The second-order valence-corrected chi connectivity index (χ2v) is 4.79. The number of amides is 1. The molecule has 2 rings (SSSR count). The summed E-state index contributed by atoms with van der Waals surface area (Å²) in [6.07, 6.45) is -2.48. The van der Waals surface area contributed by atoms with Crippen LogP contribution in [0.1, 0.15) is 19.3 Å². The lowest BCUT2D eigenvalue weighted by atomic mass is 9.96. The van der Waals surface area contributed by atoms with Crippen LogP contribution in [0.25, 0.3) is 0 Å². The Balaban J connectivity index is 0.000000270. The zero-order chi connectivity index (χ0) is 16.3. The topological polar surface area (TPSA) is 107 Å². The molecule has 1 amide bonds. The first-order valence-electron chi connectivity index (χ1n) is 6.15. The number of halogens is 3. The van der Waals surface area contributed by atoms with Crippen molar-refractivity contribution >= 4 is 17.8 Å². The van der Waals surface area contributed by atoms with Crippen LogP contribution in [-0.2, 0) is 14.4 Å². The molecule has 120 valence electrons. The maximum Gasteiger partial charge on any atom is 0.490 e. The number of carbonyl (C=O) groups is 3. The van der Waals surface area contributed by atoms with E-state index in [0.717, 1.165) is 25.8 Å². The van der Waals surface area contributed by atoms with E-state index in [-0.39, 0.29) is 12.5 Å². The fourth-order valence-electron chi connectivity index (χ4n) is 2.35. The number of carbonyl (C=O) groups excluding carboxylic acids is 1. The van der Waals surface area contributed by atoms with Crippen LogP contribution in [0.3, 0.4) is 0 Å². The van der Waals surface area contributed by atoms with E-state index in [1.54, 1.807) is 0 Å². The third kappa shape index (κ3) is 4.31. The Morgan fingerprint density at radius 2 is 1.86 bits per heavy atom. The minimum Gasteiger partial charge on any atom is -0.480 e. The molecule has 2 saturated heterocycles. The van der Waals surface area contributed by atoms with Gasteiger partial charge in [0.1, 0.15) is 6.54 Å². The van der Waals surface area contributed by atoms with Crippen LogP contribution in [0.5, 0.6) is 0 Å². The summed E-state index contributed by atoms with van der Waals surface area (Å²) in [5.74, 6) is -3.72. The predicted octanol–water partition coefficient (Wildman–Crippen LogP) is 0.0588. The third-order valence-corrected chi connectivity index (χ3v) is 3.32. The quantitative estimate of drug-likeness (QED) is 0.665. The highest BCUT2D eigenvalue weighted by Gasteiger charge is 2.48. The fraction of sp³-hybridized carbons (Fsp3) is 0.727. The van der Waals surface area contributed by atoms with E-state index in [9.17, 15) is 22.8 Å². The Morgan fingerprint density at radius 1 is 1.29 bits per heavy atom. The number of alkyl halides is 3. The Hall–Kier alpha value is -1.84. The SMILES string of the molecule is O=C(O)C(F)(F)F.O=C(O)CN1CC[C@]2(CCCN2)C1=O. The second-order valence-electron chi connectivity index (χ2n) is 4.79. The zero-order valence-electron chi connectivity index (χ0n) is 10.9. The van der Waals surface area contributed by atoms with Crippen molar-refractivity contribution < 1.29 is 37.8 Å². The van der Waals surface area contributed by atoms with Crippen molar-refractivity contribution in [2.45, 2.75) is 31.0 Å². The summed E-state index contributed by atoms with van der Waals surface area (Å²) in [6.45, 7) is 1.27. The van der Waals surface area contributed by atoms with Gasteiger partial charge < -0.3 is 20.4 Å². The summed E-state index contributed by atoms with van der Waals surface area (Å²) < 4.78 is 31.7. The highest BCUT2D eigenvalue weighted by atomic mass is 19.4. The van der Waals surface area contributed by atoms with Crippen LogP contribution in [0.4, 0.5) is 13.2 Å². The van der Waals surface area contributed by atoms with Gasteiger partial charge in [0, 0.05) is 6.54 Å². The standard InChI is InChI=1S/C9H14N2O3.C2HF3O2/c12-7(13)6-11-5-3-9(8(11)14)2-1-4-10-9;3-2(4,5)1(6)7/h10H,1-6H2,(H,12,13);(H,6,7)/t9-;/m1./s1. The molecule has 1 spiro atoms. The summed E-state index contributed by atoms with van der Waals surface area (Å²) >= 11 is 0. The molecule has 2 aliphatic rings. The van der Waals surface area contributed by atoms with Crippen molar-refractivity contribution in [1.82, 2.24) is 10.2 Å². The molecule has 2 fully saturated rings. The lowest BCUT2D eigenvalue weighted by Gasteiger charge is -2.21. The predicted molar refractivity (Wildman–Crippen MR) is 62.5 cm³/mol. The van der Waals surface area contributed by atoms with E-state index in [1.807, 2.05) is 0 Å². The van der Waals surface area contributed by atoms with E-state index in [2.05, 4.69) is 5.32 Å².